The molecule has 0 radical (unpaired) electrons. The van der Waals surface area contributed by atoms with Crippen LogP contribution in [0.15, 0.2) is 60.0 Å². The van der Waals surface area contributed by atoms with E-state index in [0.717, 1.165) is 27.6 Å². The predicted molar refractivity (Wildman–Crippen MR) is 132 cm³/mol. The zero-order valence-corrected chi connectivity index (χ0v) is 20.1. The van der Waals surface area contributed by atoms with Crippen molar-refractivity contribution in [2.24, 2.45) is 0 Å². The number of alkyl carbamates (subject to hydrolysis) is 1. The van der Waals surface area contributed by atoms with Gasteiger partial charge in [-0.1, -0.05) is 68.3 Å². The number of carbonyl (C=O) groups excluding carboxylic acids is 1. The van der Waals surface area contributed by atoms with Crippen LogP contribution in [0.5, 0.6) is 0 Å². The number of carbonyl (C=O) groups is 2. The number of amides is 1. The predicted octanol–water partition coefficient (Wildman–Crippen LogP) is 4.91. The lowest BCUT2D eigenvalue weighted by molar-refractivity contribution is -0.141. The molecule has 0 saturated carbocycles. The molecule has 2 N–H and O–H groups in total. The van der Waals surface area contributed by atoms with Gasteiger partial charge >= 0.3 is 12.1 Å². The molecule has 0 aliphatic rings. The molecule has 0 aliphatic carbocycles. The fourth-order valence-electron chi connectivity index (χ4n) is 3.92. The quantitative estimate of drug-likeness (QED) is 0.304. The molecule has 4 aromatic rings. The molecule has 9 nitrogen and oxygen atoms in total. The van der Waals surface area contributed by atoms with E-state index in [9.17, 15) is 14.7 Å². The van der Waals surface area contributed by atoms with E-state index in [1.54, 1.807) is 11.3 Å². The van der Waals surface area contributed by atoms with E-state index >= 15 is 0 Å². The molecule has 182 valence electrons. The molecule has 0 spiro atoms. The maximum Gasteiger partial charge on any atom is 0.408 e. The lowest BCUT2D eigenvalue weighted by Crippen LogP contribution is -2.34. The fraction of sp³-hybridized carbons (Fsp3) is 0.320. The van der Waals surface area contributed by atoms with Crippen molar-refractivity contribution in [3.8, 4) is 0 Å². The molecule has 0 fully saturated rings. The molecule has 10 heteroatoms. The number of thiophene rings is 1. The second kappa shape index (κ2) is 11.6. The van der Waals surface area contributed by atoms with E-state index in [-0.39, 0.29) is 12.4 Å². The van der Waals surface area contributed by atoms with Crippen LogP contribution in [0.2, 0.25) is 0 Å². The fourth-order valence-corrected chi connectivity index (χ4v) is 4.90. The summed E-state index contributed by atoms with van der Waals surface area (Å²) in [5.41, 5.74) is 1.87. The Bertz CT molecular complexity index is 1270. The van der Waals surface area contributed by atoms with Crippen molar-refractivity contribution in [3.63, 3.8) is 0 Å². The summed E-state index contributed by atoms with van der Waals surface area (Å²) in [5, 5.41) is 27.7. The monoisotopic (exact) mass is 493 g/mol. The summed E-state index contributed by atoms with van der Waals surface area (Å²) in [6.45, 7) is 2.11. The molecule has 2 aromatic carbocycles. The zero-order valence-electron chi connectivity index (χ0n) is 19.3. The number of carboxylic acids is 1. The van der Waals surface area contributed by atoms with Gasteiger partial charge in [-0.2, -0.15) is 0 Å². The second-order valence-electron chi connectivity index (χ2n) is 8.20. The highest BCUT2D eigenvalue weighted by atomic mass is 32.1. The maximum atomic E-state index is 12.8. The first-order valence-corrected chi connectivity index (χ1v) is 12.4. The van der Waals surface area contributed by atoms with E-state index in [1.807, 2.05) is 66.9 Å². The van der Waals surface area contributed by atoms with E-state index in [1.165, 1.54) is 4.68 Å². The number of ether oxygens (including phenoxy) is 1. The van der Waals surface area contributed by atoms with Gasteiger partial charge in [0, 0.05) is 11.1 Å². The van der Waals surface area contributed by atoms with Gasteiger partial charge in [0.25, 0.3) is 0 Å². The first-order chi connectivity index (χ1) is 17.1. The highest BCUT2D eigenvalue weighted by Gasteiger charge is 2.30. The van der Waals surface area contributed by atoms with E-state index in [4.69, 9.17) is 4.74 Å². The number of hydrogen-bond acceptors (Lipinski definition) is 7. The Morgan fingerprint density at radius 1 is 1.14 bits per heavy atom. The van der Waals surface area contributed by atoms with Gasteiger partial charge in [0.2, 0.25) is 0 Å². The number of unbranched alkanes of at least 4 members (excludes halogenated alkanes) is 1. The number of aliphatic carboxylic acids is 1. The van der Waals surface area contributed by atoms with Crippen molar-refractivity contribution < 1.29 is 19.4 Å². The minimum atomic E-state index is -1.02. The molecule has 2 aromatic heterocycles. The van der Waals surface area contributed by atoms with Gasteiger partial charge in [0.15, 0.2) is 11.9 Å². The van der Waals surface area contributed by atoms with Crippen LogP contribution < -0.4 is 5.32 Å². The van der Waals surface area contributed by atoms with E-state index < -0.39 is 24.1 Å². The maximum absolute atomic E-state index is 12.8. The van der Waals surface area contributed by atoms with Gasteiger partial charge in [0.05, 0.1) is 6.04 Å². The summed E-state index contributed by atoms with van der Waals surface area (Å²) in [4.78, 5) is 24.8. The average Bonchev–Trinajstić information content (AvgIpc) is 3.51. The number of fused-ring (bicyclic) bond motifs is 1. The van der Waals surface area contributed by atoms with Crippen LogP contribution in [0.1, 0.15) is 55.2 Å². The van der Waals surface area contributed by atoms with Crippen LogP contribution in [0.3, 0.4) is 0 Å². The number of aromatic nitrogens is 4. The van der Waals surface area contributed by atoms with Crippen molar-refractivity contribution in [2.45, 2.75) is 51.3 Å². The summed E-state index contributed by atoms with van der Waals surface area (Å²) in [7, 11) is 0. The normalized spacial score (nSPS) is 12.8. The summed E-state index contributed by atoms with van der Waals surface area (Å²) in [6, 6.07) is 15.8. The minimum absolute atomic E-state index is 0.111. The summed E-state index contributed by atoms with van der Waals surface area (Å²) in [6.07, 6.45) is 1.69. The standard InChI is InChI=1S/C25H27N5O4S/c1-2-3-12-21(24(31)32)30-23(27-28-29-30)20(14-18-16-35-22-13-8-7-11-19(18)22)26-25(33)34-15-17-9-5-4-6-10-17/h4-11,13,16,20-21H,2-3,12,14-15H2,1H3,(H,26,33)(H,31,32)/t20-,21?/m0/s1. The molecule has 35 heavy (non-hydrogen) atoms. The Kier molecular flexibility index (Phi) is 8.04. The Labute approximate surface area is 206 Å². The van der Waals surface area contributed by atoms with Crippen molar-refractivity contribution >= 4 is 33.5 Å². The third kappa shape index (κ3) is 6.02. The number of nitrogens with one attached hydrogen (secondary N) is 1. The first kappa shape index (κ1) is 24.3. The molecule has 1 amide bonds. The van der Waals surface area contributed by atoms with Gasteiger partial charge in [-0.3, -0.25) is 0 Å². The van der Waals surface area contributed by atoms with Crippen LogP contribution >= 0.6 is 11.3 Å². The van der Waals surface area contributed by atoms with Gasteiger partial charge in [-0.15, -0.1) is 16.4 Å². The minimum Gasteiger partial charge on any atom is -0.480 e. The van der Waals surface area contributed by atoms with Gasteiger partial charge in [-0.25, -0.2) is 14.3 Å². The Morgan fingerprint density at radius 3 is 2.69 bits per heavy atom. The van der Waals surface area contributed by atoms with Crippen molar-refractivity contribution in [1.82, 2.24) is 25.5 Å². The molecule has 0 saturated heterocycles. The molecule has 4 rings (SSSR count). The van der Waals surface area contributed by atoms with Gasteiger partial charge in [-0.05, 0) is 44.8 Å². The molecular formula is C25H27N5O4S. The van der Waals surface area contributed by atoms with Crippen LogP contribution in [0, 0.1) is 0 Å². The molecule has 0 aliphatic heterocycles. The summed E-state index contributed by atoms with van der Waals surface area (Å²) >= 11 is 1.61. The van der Waals surface area contributed by atoms with E-state index in [2.05, 4.69) is 20.8 Å². The number of nitrogens with zero attached hydrogens (tertiary/aromatic N) is 4. The van der Waals surface area contributed by atoms with Crippen molar-refractivity contribution in [2.75, 3.05) is 0 Å². The first-order valence-electron chi connectivity index (χ1n) is 11.5. The molecular weight excluding hydrogens is 466 g/mol. The summed E-state index contributed by atoms with van der Waals surface area (Å²) in [5.74, 6) is -0.737. The molecule has 1 unspecified atom stereocenters. The van der Waals surface area contributed by atoms with Gasteiger partial charge in [0.1, 0.15) is 6.61 Å². The number of tetrazole rings is 1. The zero-order chi connectivity index (χ0) is 24.6. The SMILES string of the molecule is CCCCC(C(=O)O)n1nnnc1[C@H](Cc1csc2ccccc12)NC(=O)OCc1ccccc1. The van der Waals surface area contributed by atoms with Crippen molar-refractivity contribution in [3.05, 3.63) is 76.9 Å². The Morgan fingerprint density at radius 2 is 1.91 bits per heavy atom. The van der Waals surface area contributed by atoms with Gasteiger partial charge < -0.3 is 15.2 Å². The van der Waals surface area contributed by atoms with E-state index in [0.29, 0.717) is 19.3 Å². The lowest BCUT2D eigenvalue weighted by Gasteiger charge is -2.20. The number of rotatable bonds is 11. The molecule has 2 atom stereocenters. The number of hydrogen-bond donors (Lipinski definition) is 2. The highest BCUT2D eigenvalue weighted by molar-refractivity contribution is 7.17. The van der Waals surface area contributed by atoms with Crippen LogP contribution in [-0.4, -0.2) is 37.4 Å². The second-order valence-corrected chi connectivity index (χ2v) is 9.11. The Balaban J connectivity index is 1.61. The van der Waals surface area contributed by atoms with Crippen LogP contribution in [-0.2, 0) is 22.6 Å². The van der Waals surface area contributed by atoms with Crippen molar-refractivity contribution in [1.29, 1.82) is 0 Å². The van der Waals surface area contributed by atoms with Crippen LogP contribution in [0.4, 0.5) is 4.79 Å². The summed E-state index contributed by atoms with van der Waals surface area (Å²) < 4.78 is 7.87. The topological polar surface area (TPSA) is 119 Å². The molecule has 2 heterocycles. The number of carboxylic acid groups (broad SMARTS) is 1. The third-order valence-electron chi connectivity index (χ3n) is 5.73. The van der Waals surface area contributed by atoms with Crippen LogP contribution in [0.25, 0.3) is 10.1 Å². The lowest BCUT2D eigenvalue weighted by atomic mass is 10.0. The highest BCUT2D eigenvalue weighted by Crippen LogP contribution is 2.30. The third-order valence-corrected chi connectivity index (χ3v) is 6.74. The molecule has 0 bridgehead atoms. The smallest absolute Gasteiger partial charge is 0.408 e. The Hall–Kier alpha value is -3.79. The number of benzene rings is 2. The largest absolute Gasteiger partial charge is 0.480 e. The average molecular weight is 494 g/mol.